The van der Waals surface area contributed by atoms with Gasteiger partial charge >= 0.3 is 10.2 Å². The summed E-state index contributed by atoms with van der Waals surface area (Å²) in [6.07, 6.45) is 2.68. The molecule has 0 aliphatic carbocycles. The smallest absolute Gasteiger partial charge is 0.254 e. The van der Waals surface area contributed by atoms with Gasteiger partial charge in [0, 0.05) is 25.0 Å². The van der Waals surface area contributed by atoms with Crippen molar-refractivity contribution in [1.82, 2.24) is 4.31 Å². The van der Waals surface area contributed by atoms with E-state index < -0.39 is 10.2 Å². The number of anilines is 1. The largest absolute Gasteiger partial charge is 0.304 e. The molecule has 6 heteroatoms. The Kier molecular flexibility index (Phi) is 4.17. The summed E-state index contributed by atoms with van der Waals surface area (Å²) in [5.41, 5.74) is 1.94. The predicted octanol–water partition coefficient (Wildman–Crippen LogP) is 2.63. The second-order valence-corrected chi connectivity index (χ2v) is 8.12. The topological polar surface area (TPSA) is 40.6 Å². The molecule has 2 heterocycles. The zero-order chi connectivity index (χ0) is 15.0. The highest BCUT2D eigenvalue weighted by Gasteiger charge is 2.40. The van der Waals surface area contributed by atoms with Crippen LogP contribution in [0.3, 0.4) is 0 Å². The van der Waals surface area contributed by atoms with Gasteiger partial charge in [0.1, 0.15) is 0 Å². The van der Waals surface area contributed by atoms with Gasteiger partial charge in [-0.3, -0.25) is 4.31 Å². The first-order valence-corrected chi connectivity index (χ1v) is 9.40. The van der Waals surface area contributed by atoms with Crippen LogP contribution in [0.25, 0.3) is 0 Å². The summed E-state index contributed by atoms with van der Waals surface area (Å²) in [4.78, 5) is 0. The molecule has 2 aliphatic rings. The van der Waals surface area contributed by atoms with E-state index in [9.17, 15) is 8.42 Å². The molecule has 2 atom stereocenters. The first kappa shape index (κ1) is 15.1. The third-order valence-corrected chi connectivity index (χ3v) is 6.89. The van der Waals surface area contributed by atoms with Crippen molar-refractivity contribution in [3.63, 3.8) is 0 Å². The van der Waals surface area contributed by atoms with Crippen molar-refractivity contribution in [3.8, 4) is 0 Å². The summed E-state index contributed by atoms with van der Waals surface area (Å²) < 4.78 is 29.3. The molecule has 0 saturated carbocycles. The number of para-hydroxylation sites is 1. The fourth-order valence-electron chi connectivity index (χ4n) is 3.38. The maximum absolute atomic E-state index is 13.0. The van der Waals surface area contributed by atoms with Gasteiger partial charge in [0.25, 0.3) is 0 Å². The molecule has 0 amide bonds. The normalized spacial score (nSPS) is 26.9. The van der Waals surface area contributed by atoms with E-state index in [1.54, 1.807) is 8.61 Å². The van der Waals surface area contributed by atoms with Crippen LogP contribution in [-0.4, -0.2) is 37.7 Å². The summed E-state index contributed by atoms with van der Waals surface area (Å²) in [6, 6.07) is 7.76. The van der Waals surface area contributed by atoms with Gasteiger partial charge < -0.3 is 0 Å². The van der Waals surface area contributed by atoms with Crippen LogP contribution in [0.5, 0.6) is 0 Å². The van der Waals surface area contributed by atoms with Crippen molar-refractivity contribution in [2.24, 2.45) is 5.92 Å². The lowest BCUT2D eigenvalue weighted by Gasteiger charge is -2.36. The highest BCUT2D eigenvalue weighted by molar-refractivity contribution is 7.90. The van der Waals surface area contributed by atoms with Crippen LogP contribution in [0, 0.1) is 5.92 Å². The average Bonchev–Trinajstić information content (AvgIpc) is 2.83. The van der Waals surface area contributed by atoms with E-state index in [-0.39, 0.29) is 12.0 Å². The Labute approximate surface area is 131 Å². The molecule has 116 valence electrons. The monoisotopic (exact) mass is 328 g/mol. The Bertz CT molecular complexity index is 620. The number of benzene rings is 1. The molecule has 21 heavy (non-hydrogen) atoms. The molecule has 0 bridgehead atoms. The lowest BCUT2D eigenvalue weighted by atomic mass is 10.0. The summed E-state index contributed by atoms with van der Waals surface area (Å²) in [6.45, 7) is 3.11. The quantitative estimate of drug-likeness (QED) is 0.800. The van der Waals surface area contributed by atoms with Crippen molar-refractivity contribution in [2.45, 2.75) is 32.2 Å². The highest BCUT2D eigenvalue weighted by Crippen LogP contribution is 2.36. The number of piperidine rings is 1. The molecule has 1 aromatic carbocycles. The minimum atomic E-state index is -3.46. The van der Waals surface area contributed by atoms with E-state index in [1.165, 1.54) is 0 Å². The Morgan fingerprint density at radius 2 is 2.10 bits per heavy atom. The fraction of sp³-hybridized carbons (Fsp3) is 0.600. The van der Waals surface area contributed by atoms with Gasteiger partial charge in [0.2, 0.25) is 0 Å². The first-order chi connectivity index (χ1) is 10.0. The molecule has 3 rings (SSSR count). The van der Waals surface area contributed by atoms with Crippen LogP contribution in [-0.2, 0) is 16.6 Å². The Morgan fingerprint density at radius 3 is 2.86 bits per heavy atom. The molecule has 0 radical (unpaired) electrons. The molecule has 2 unspecified atom stereocenters. The van der Waals surface area contributed by atoms with Crippen LogP contribution in [0.15, 0.2) is 24.3 Å². The third-order valence-electron chi connectivity index (χ3n) is 4.42. The van der Waals surface area contributed by atoms with Gasteiger partial charge in [-0.2, -0.15) is 12.7 Å². The average molecular weight is 329 g/mol. The highest BCUT2D eigenvalue weighted by atomic mass is 35.5. The number of hydrogen-bond donors (Lipinski definition) is 0. The molecule has 0 spiro atoms. The van der Waals surface area contributed by atoms with Crippen molar-refractivity contribution < 1.29 is 8.42 Å². The van der Waals surface area contributed by atoms with Gasteiger partial charge in [-0.05, 0) is 43.7 Å². The van der Waals surface area contributed by atoms with Gasteiger partial charge in [-0.25, -0.2) is 0 Å². The maximum Gasteiger partial charge on any atom is 0.304 e. The molecule has 1 fully saturated rings. The van der Waals surface area contributed by atoms with Gasteiger partial charge in [0.05, 0.1) is 5.69 Å². The Balaban J connectivity index is 1.91. The molecule has 4 nitrogen and oxygen atoms in total. The van der Waals surface area contributed by atoms with E-state index in [2.05, 4.69) is 0 Å². The maximum atomic E-state index is 13.0. The number of fused-ring (bicyclic) bond motifs is 1. The van der Waals surface area contributed by atoms with Crippen LogP contribution in [0.2, 0.25) is 0 Å². The van der Waals surface area contributed by atoms with Crippen LogP contribution in [0.1, 0.15) is 25.3 Å². The lowest BCUT2D eigenvalue weighted by molar-refractivity contribution is 0.282. The molecule has 0 N–H and O–H groups in total. The van der Waals surface area contributed by atoms with E-state index in [0.717, 1.165) is 30.5 Å². The lowest BCUT2D eigenvalue weighted by Crippen LogP contribution is -2.50. The van der Waals surface area contributed by atoms with Gasteiger partial charge in [0.15, 0.2) is 0 Å². The van der Waals surface area contributed by atoms with Crippen molar-refractivity contribution in [1.29, 1.82) is 0 Å². The number of hydrogen-bond acceptors (Lipinski definition) is 2. The molecule has 1 saturated heterocycles. The molecule has 2 aliphatic heterocycles. The zero-order valence-corrected chi connectivity index (χ0v) is 13.8. The zero-order valence-electron chi connectivity index (χ0n) is 12.2. The van der Waals surface area contributed by atoms with Crippen LogP contribution < -0.4 is 4.31 Å². The Morgan fingerprint density at radius 1 is 1.33 bits per heavy atom. The standard InChI is InChI=1S/C15H21ClN2O2S/c1-12-9-14-6-2-3-7-15(14)18(12)21(19,20)17-8-4-5-13(10-16)11-17/h2-3,6-7,12-13H,4-5,8-11H2,1H3. The first-order valence-electron chi connectivity index (χ1n) is 7.47. The summed E-state index contributed by atoms with van der Waals surface area (Å²) in [7, 11) is -3.46. The SMILES string of the molecule is CC1Cc2ccccc2N1S(=O)(=O)N1CCCC(CCl)C1. The van der Waals surface area contributed by atoms with Crippen molar-refractivity contribution >= 4 is 27.5 Å². The van der Waals surface area contributed by atoms with Crippen LogP contribution in [0.4, 0.5) is 5.69 Å². The minimum Gasteiger partial charge on any atom is -0.254 e. The fourth-order valence-corrected chi connectivity index (χ4v) is 5.59. The molecule has 1 aromatic rings. The summed E-state index contributed by atoms with van der Waals surface area (Å²) in [5, 5.41) is 0. The number of alkyl halides is 1. The van der Waals surface area contributed by atoms with E-state index in [4.69, 9.17) is 11.6 Å². The minimum absolute atomic E-state index is 0.0243. The van der Waals surface area contributed by atoms with Crippen molar-refractivity contribution in [3.05, 3.63) is 29.8 Å². The second-order valence-electron chi connectivity index (χ2n) is 6.01. The van der Waals surface area contributed by atoms with Gasteiger partial charge in [-0.15, -0.1) is 11.6 Å². The molecule has 0 aromatic heterocycles. The number of halogens is 1. The van der Waals surface area contributed by atoms with Crippen molar-refractivity contribution in [2.75, 3.05) is 23.3 Å². The molecular formula is C15H21ClN2O2S. The number of rotatable bonds is 3. The molecular weight excluding hydrogens is 308 g/mol. The van der Waals surface area contributed by atoms with Gasteiger partial charge in [-0.1, -0.05) is 18.2 Å². The van der Waals surface area contributed by atoms with Crippen LogP contribution >= 0.6 is 11.6 Å². The van der Waals surface area contributed by atoms with E-state index in [1.807, 2.05) is 31.2 Å². The third kappa shape index (κ3) is 2.67. The Hall–Kier alpha value is -0.780. The second kappa shape index (κ2) is 5.78. The van der Waals surface area contributed by atoms with E-state index in [0.29, 0.717) is 19.0 Å². The summed E-state index contributed by atoms with van der Waals surface area (Å²) >= 11 is 5.93. The number of nitrogens with zero attached hydrogens (tertiary/aromatic N) is 2. The van der Waals surface area contributed by atoms with E-state index >= 15 is 0 Å². The summed E-state index contributed by atoms with van der Waals surface area (Å²) in [5.74, 6) is 0.793. The predicted molar refractivity (Wildman–Crippen MR) is 86.0 cm³/mol.